The maximum atomic E-state index is 12.8. The van der Waals surface area contributed by atoms with E-state index >= 15 is 0 Å². The first-order valence-corrected chi connectivity index (χ1v) is 11.4. The predicted molar refractivity (Wildman–Crippen MR) is 112 cm³/mol. The number of hydrogen-bond donors (Lipinski definition) is 2. The SMILES string of the molecule is O=C(NCc1ccccc1)Nc1nc2c(s1)CN(S(=O)(=O)c1ccccc1)CC2. The number of thiazole rings is 1. The van der Waals surface area contributed by atoms with E-state index in [0.29, 0.717) is 24.6 Å². The van der Waals surface area contributed by atoms with Crippen molar-refractivity contribution in [3.05, 3.63) is 76.8 Å². The lowest BCUT2D eigenvalue weighted by molar-refractivity contribution is 0.251. The molecule has 7 nitrogen and oxygen atoms in total. The molecule has 1 aliphatic heterocycles. The van der Waals surface area contributed by atoms with Crippen LogP contribution in [0.5, 0.6) is 0 Å². The Morgan fingerprint density at radius 1 is 1.07 bits per heavy atom. The van der Waals surface area contributed by atoms with Crippen LogP contribution in [0.2, 0.25) is 0 Å². The molecule has 2 heterocycles. The topological polar surface area (TPSA) is 91.4 Å². The number of anilines is 1. The number of nitrogens with zero attached hydrogens (tertiary/aromatic N) is 2. The molecule has 2 aromatic carbocycles. The van der Waals surface area contributed by atoms with Crippen LogP contribution in [0.25, 0.3) is 0 Å². The molecule has 2 N–H and O–H groups in total. The lowest BCUT2D eigenvalue weighted by atomic mass is 10.2. The smallest absolute Gasteiger partial charge is 0.321 e. The standard InChI is InChI=1S/C20H20N4O3S2/c25-19(21-13-15-7-3-1-4-8-15)23-20-22-17-11-12-24(14-18(17)28-20)29(26,27)16-9-5-2-6-10-16/h1-10H,11-14H2,(H2,21,22,23,25). The molecule has 0 unspecified atom stereocenters. The number of fused-ring (bicyclic) bond motifs is 1. The van der Waals surface area contributed by atoms with E-state index in [1.54, 1.807) is 30.3 Å². The molecule has 1 aromatic heterocycles. The van der Waals surface area contributed by atoms with Gasteiger partial charge in [-0.05, 0) is 17.7 Å². The van der Waals surface area contributed by atoms with Gasteiger partial charge in [-0.2, -0.15) is 4.31 Å². The van der Waals surface area contributed by atoms with Gasteiger partial charge in [-0.3, -0.25) is 5.32 Å². The van der Waals surface area contributed by atoms with Crippen LogP contribution >= 0.6 is 11.3 Å². The van der Waals surface area contributed by atoms with Crippen molar-refractivity contribution in [3.8, 4) is 0 Å². The molecule has 150 valence electrons. The Bertz CT molecular complexity index is 1100. The van der Waals surface area contributed by atoms with Gasteiger partial charge in [-0.1, -0.05) is 59.9 Å². The Hall–Kier alpha value is -2.75. The van der Waals surface area contributed by atoms with Gasteiger partial charge in [0.1, 0.15) is 0 Å². The number of rotatable bonds is 5. The molecule has 29 heavy (non-hydrogen) atoms. The molecular formula is C20H20N4O3S2. The van der Waals surface area contributed by atoms with E-state index in [2.05, 4.69) is 15.6 Å². The van der Waals surface area contributed by atoms with Gasteiger partial charge in [-0.15, -0.1) is 0 Å². The Balaban J connectivity index is 1.40. The van der Waals surface area contributed by atoms with Crippen molar-refractivity contribution in [3.63, 3.8) is 0 Å². The summed E-state index contributed by atoms with van der Waals surface area (Å²) in [6.07, 6.45) is 0.519. The first-order valence-electron chi connectivity index (χ1n) is 9.15. The molecule has 0 saturated carbocycles. The van der Waals surface area contributed by atoms with Crippen molar-refractivity contribution < 1.29 is 13.2 Å². The second kappa shape index (κ2) is 8.32. The number of carbonyl (C=O) groups is 1. The van der Waals surface area contributed by atoms with Crippen molar-refractivity contribution >= 4 is 32.5 Å². The number of carbonyl (C=O) groups excluding carboxylic acids is 1. The highest BCUT2D eigenvalue weighted by atomic mass is 32.2. The number of aromatic nitrogens is 1. The molecule has 0 aliphatic carbocycles. The van der Waals surface area contributed by atoms with E-state index in [-0.39, 0.29) is 17.5 Å². The fourth-order valence-corrected chi connectivity index (χ4v) is 5.62. The van der Waals surface area contributed by atoms with E-state index < -0.39 is 10.0 Å². The minimum atomic E-state index is -3.55. The average Bonchev–Trinajstić information content (AvgIpc) is 3.15. The first-order chi connectivity index (χ1) is 14.0. The Labute approximate surface area is 173 Å². The maximum Gasteiger partial charge on any atom is 0.321 e. The minimum Gasteiger partial charge on any atom is -0.334 e. The van der Waals surface area contributed by atoms with E-state index in [4.69, 9.17) is 0 Å². The highest BCUT2D eigenvalue weighted by Crippen LogP contribution is 2.31. The van der Waals surface area contributed by atoms with Crippen molar-refractivity contribution in [2.45, 2.75) is 24.4 Å². The summed E-state index contributed by atoms with van der Waals surface area (Å²) in [5.41, 5.74) is 1.84. The highest BCUT2D eigenvalue weighted by molar-refractivity contribution is 7.89. The first kappa shape index (κ1) is 19.6. The molecule has 0 bridgehead atoms. The monoisotopic (exact) mass is 428 g/mol. The van der Waals surface area contributed by atoms with Gasteiger partial charge in [0.2, 0.25) is 10.0 Å². The summed E-state index contributed by atoms with van der Waals surface area (Å²) < 4.78 is 27.1. The molecule has 9 heteroatoms. The Morgan fingerprint density at radius 3 is 2.48 bits per heavy atom. The number of hydrogen-bond acceptors (Lipinski definition) is 5. The van der Waals surface area contributed by atoms with Crippen LogP contribution < -0.4 is 10.6 Å². The van der Waals surface area contributed by atoms with Crippen LogP contribution in [0.1, 0.15) is 16.1 Å². The zero-order valence-corrected chi connectivity index (χ0v) is 17.2. The van der Waals surface area contributed by atoms with Crippen molar-refractivity contribution in [2.75, 3.05) is 11.9 Å². The van der Waals surface area contributed by atoms with Crippen LogP contribution in [-0.4, -0.2) is 30.3 Å². The summed E-state index contributed by atoms with van der Waals surface area (Å²) in [5, 5.41) is 6.01. The molecule has 1 aliphatic rings. The summed E-state index contributed by atoms with van der Waals surface area (Å²) in [6.45, 7) is 1.05. The second-order valence-electron chi connectivity index (χ2n) is 6.58. The van der Waals surface area contributed by atoms with E-state index in [1.165, 1.54) is 15.6 Å². The zero-order valence-electron chi connectivity index (χ0n) is 15.5. The van der Waals surface area contributed by atoms with E-state index in [9.17, 15) is 13.2 Å². The fraction of sp³-hybridized carbons (Fsp3) is 0.200. The largest absolute Gasteiger partial charge is 0.334 e. The third-order valence-electron chi connectivity index (χ3n) is 4.59. The summed E-state index contributed by atoms with van der Waals surface area (Å²) in [6, 6.07) is 17.7. The maximum absolute atomic E-state index is 12.8. The van der Waals surface area contributed by atoms with E-state index in [0.717, 1.165) is 16.1 Å². The quantitative estimate of drug-likeness (QED) is 0.653. The molecule has 4 rings (SSSR count). The Morgan fingerprint density at radius 2 is 1.76 bits per heavy atom. The number of urea groups is 1. The molecule has 3 aromatic rings. The summed E-state index contributed by atoms with van der Waals surface area (Å²) in [7, 11) is -3.55. The Kier molecular flexibility index (Phi) is 5.61. The molecule has 0 saturated heterocycles. The van der Waals surface area contributed by atoms with Gasteiger partial charge in [0.05, 0.1) is 17.1 Å². The molecule has 0 spiro atoms. The number of benzene rings is 2. The minimum absolute atomic E-state index is 0.261. The second-order valence-corrected chi connectivity index (χ2v) is 9.61. The number of nitrogens with one attached hydrogen (secondary N) is 2. The van der Waals surface area contributed by atoms with Gasteiger partial charge in [-0.25, -0.2) is 18.2 Å². The third kappa shape index (κ3) is 4.47. The van der Waals surface area contributed by atoms with Crippen LogP contribution in [0, 0.1) is 0 Å². The average molecular weight is 429 g/mol. The molecule has 0 fully saturated rings. The van der Waals surface area contributed by atoms with Crippen LogP contribution in [0.15, 0.2) is 65.6 Å². The van der Waals surface area contributed by atoms with Crippen molar-refractivity contribution in [1.82, 2.24) is 14.6 Å². The predicted octanol–water partition coefficient (Wildman–Crippen LogP) is 3.21. The third-order valence-corrected chi connectivity index (χ3v) is 7.45. The van der Waals surface area contributed by atoms with Crippen molar-refractivity contribution in [2.24, 2.45) is 0 Å². The molecular weight excluding hydrogens is 408 g/mol. The molecule has 0 radical (unpaired) electrons. The van der Waals surface area contributed by atoms with Gasteiger partial charge < -0.3 is 5.32 Å². The number of sulfonamides is 1. The van der Waals surface area contributed by atoms with Gasteiger partial charge in [0, 0.05) is 24.4 Å². The van der Waals surface area contributed by atoms with Crippen LogP contribution in [-0.2, 0) is 29.5 Å². The molecule has 2 amide bonds. The normalized spacial score (nSPS) is 14.2. The summed E-state index contributed by atoms with van der Waals surface area (Å²) in [4.78, 5) is 17.7. The molecule has 0 atom stereocenters. The van der Waals surface area contributed by atoms with Gasteiger partial charge in [0.15, 0.2) is 5.13 Å². The fourth-order valence-electron chi connectivity index (χ4n) is 3.09. The lowest BCUT2D eigenvalue weighted by Crippen LogP contribution is -2.35. The van der Waals surface area contributed by atoms with Gasteiger partial charge >= 0.3 is 6.03 Å². The zero-order chi connectivity index (χ0) is 20.3. The number of amides is 2. The van der Waals surface area contributed by atoms with Gasteiger partial charge in [0.25, 0.3) is 0 Å². The summed E-state index contributed by atoms with van der Waals surface area (Å²) >= 11 is 1.31. The lowest BCUT2D eigenvalue weighted by Gasteiger charge is -2.25. The highest BCUT2D eigenvalue weighted by Gasteiger charge is 2.30. The summed E-state index contributed by atoms with van der Waals surface area (Å²) in [5.74, 6) is 0. The van der Waals surface area contributed by atoms with Crippen molar-refractivity contribution in [1.29, 1.82) is 0 Å². The van der Waals surface area contributed by atoms with E-state index in [1.807, 2.05) is 30.3 Å². The van der Waals surface area contributed by atoms with Crippen LogP contribution in [0.3, 0.4) is 0 Å². The van der Waals surface area contributed by atoms with Crippen LogP contribution in [0.4, 0.5) is 9.93 Å².